The number of hydrogen-bond acceptors (Lipinski definition) is 3. The summed E-state index contributed by atoms with van der Waals surface area (Å²) in [7, 11) is 0. The highest BCUT2D eigenvalue weighted by atomic mass is 16.3. The number of aliphatic hydroxyl groups excluding tert-OH is 1. The molecule has 0 aliphatic rings. The van der Waals surface area contributed by atoms with E-state index in [1.807, 2.05) is 0 Å². The molecule has 0 amide bonds. The van der Waals surface area contributed by atoms with Gasteiger partial charge in [-0.25, -0.2) is 0 Å². The zero-order chi connectivity index (χ0) is 14.0. The van der Waals surface area contributed by atoms with Gasteiger partial charge in [-0.1, -0.05) is 40.5 Å². The van der Waals surface area contributed by atoms with E-state index in [1.54, 1.807) is 0 Å². The van der Waals surface area contributed by atoms with Crippen LogP contribution in [0.5, 0.6) is 0 Å². The Hall–Kier alpha value is -0.120. The summed E-state index contributed by atoms with van der Waals surface area (Å²) in [4.78, 5) is 2.40. The average molecular weight is 258 g/mol. The van der Waals surface area contributed by atoms with Gasteiger partial charge in [0.15, 0.2) is 0 Å². The summed E-state index contributed by atoms with van der Waals surface area (Å²) in [6.07, 6.45) is 5.75. The van der Waals surface area contributed by atoms with Crippen LogP contribution in [0.15, 0.2) is 0 Å². The van der Waals surface area contributed by atoms with Crippen LogP contribution in [0.3, 0.4) is 0 Å². The lowest BCUT2D eigenvalue weighted by atomic mass is 9.97. The average Bonchev–Trinajstić information content (AvgIpc) is 2.31. The van der Waals surface area contributed by atoms with Crippen LogP contribution in [0.1, 0.15) is 59.8 Å². The highest BCUT2D eigenvalue weighted by Gasteiger charge is 2.24. The molecule has 0 aromatic rings. The number of rotatable bonds is 11. The second kappa shape index (κ2) is 10.8. The fraction of sp³-hybridized carbons (Fsp3) is 1.00. The second-order valence-electron chi connectivity index (χ2n) is 5.79. The standard InChI is InChI=1S/C15H34N2O/c1-5-7-9-17(10-8-6-2)15(12-18)14(16)11-13(3)4/h13-15,18H,5-12,16H2,1-4H3. The lowest BCUT2D eigenvalue weighted by Crippen LogP contribution is -2.51. The Morgan fingerprint density at radius 2 is 1.56 bits per heavy atom. The van der Waals surface area contributed by atoms with E-state index in [2.05, 4.69) is 32.6 Å². The minimum Gasteiger partial charge on any atom is -0.395 e. The van der Waals surface area contributed by atoms with Crippen LogP contribution in [0.4, 0.5) is 0 Å². The molecule has 0 aromatic carbocycles. The van der Waals surface area contributed by atoms with E-state index >= 15 is 0 Å². The van der Waals surface area contributed by atoms with Gasteiger partial charge >= 0.3 is 0 Å². The van der Waals surface area contributed by atoms with E-state index in [-0.39, 0.29) is 18.7 Å². The molecule has 0 rings (SSSR count). The zero-order valence-electron chi connectivity index (χ0n) is 12.9. The molecule has 0 aliphatic heterocycles. The maximum atomic E-state index is 9.66. The first kappa shape index (κ1) is 17.9. The van der Waals surface area contributed by atoms with Gasteiger partial charge in [0.25, 0.3) is 0 Å². The SMILES string of the molecule is CCCCN(CCCC)C(CO)C(N)CC(C)C. The molecule has 3 nitrogen and oxygen atoms in total. The van der Waals surface area contributed by atoms with E-state index in [0.29, 0.717) is 5.92 Å². The van der Waals surface area contributed by atoms with E-state index < -0.39 is 0 Å². The molecule has 0 heterocycles. The van der Waals surface area contributed by atoms with Crippen molar-refractivity contribution in [3.63, 3.8) is 0 Å². The third-order valence-corrected chi connectivity index (χ3v) is 3.49. The van der Waals surface area contributed by atoms with Crippen molar-refractivity contribution in [2.75, 3.05) is 19.7 Å². The first-order chi connectivity index (χ1) is 8.56. The number of unbranched alkanes of at least 4 members (excludes halogenated alkanes) is 2. The monoisotopic (exact) mass is 258 g/mol. The molecule has 0 aliphatic carbocycles. The summed E-state index contributed by atoms with van der Waals surface area (Å²) in [5.41, 5.74) is 6.27. The Labute approximate surface area is 114 Å². The molecular formula is C15H34N2O. The van der Waals surface area contributed by atoms with Crippen LogP contribution in [0.25, 0.3) is 0 Å². The molecule has 3 heteroatoms. The van der Waals surface area contributed by atoms with E-state index in [9.17, 15) is 5.11 Å². The van der Waals surface area contributed by atoms with Crippen LogP contribution in [0.2, 0.25) is 0 Å². The van der Waals surface area contributed by atoms with Gasteiger partial charge in [-0.2, -0.15) is 0 Å². The first-order valence-electron chi connectivity index (χ1n) is 7.67. The minimum atomic E-state index is 0.0868. The van der Waals surface area contributed by atoms with E-state index in [4.69, 9.17) is 5.73 Å². The van der Waals surface area contributed by atoms with Crippen LogP contribution in [-0.4, -0.2) is 41.8 Å². The largest absolute Gasteiger partial charge is 0.395 e. The van der Waals surface area contributed by atoms with E-state index in [1.165, 1.54) is 25.7 Å². The van der Waals surface area contributed by atoms with Crippen LogP contribution in [-0.2, 0) is 0 Å². The van der Waals surface area contributed by atoms with Gasteiger partial charge in [-0.15, -0.1) is 0 Å². The molecular weight excluding hydrogens is 224 g/mol. The Bertz CT molecular complexity index is 177. The van der Waals surface area contributed by atoms with Crippen molar-refractivity contribution < 1.29 is 5.11 Å². The molecule has 0 saturated carbocycles. The summed E-state index contributed by atoms with van der Waals surface area (Å²) in [6, 6.07) is 0.217. The molecule has 0 spiro atoms. The van der Waals surface area contributed by atoms with Crippen molar-refractivity contribution >= 4 is 0 Å². The molecule has 18 heavy (non-hydrogen) atoms. The Kier molecular flexibility index (Phi) is 10.7. The van der Waals surface area contributed by atoms with Gasteiger partial charge in [0, 0.05) is 12.1 Å². The Morgan fingerprint density at radius 3 is 1.89 bits per heavy atom. The lowest BCUT2D eigenvalue weighted by molar-refractivity contribution is 0.0951. The van der Waals surface area contributed by atoms with Crippen molar-refractivity contribution in [2.24, 2.45) is 11.7 Å². The number of nitrogens with two attached hydrogens (primary N) is 1. The fourth-order valence-corrected chi connectivity index (χ4v) is 2.39. The van der Waals surface area contributed by atoms with Gasteiger partial charge < -0.3 is 10.8 Å². The molecule has 0 fully saturated rings. The van der Waals surface area contributed by atoms with Gasteiger partial charge in [-0.05, 0) is 38.3 Å². The van der Waals surface area contributed by atoms with Crippen molar-refractivity contribution in [1.29, 1.82) is 0 Å². The summed E-state index contributed by atoms with van der Waals surface area (Å²) < 4.78 is 0. The topological polar surface area (TPSA) is 49.5 Å². The normalized spacial score (nSPS) is 15.3. The van der Waals surface area contributed by atoms with Crippen LogP contribution in [0, 0.1) is 5.92 Å². The molecule has 2 unspecified atom stereocenters. The van der Waals surface area contributed by atoms with E-state index in [0.717, 1.165) is 19.5 Å². The minimum absolute atomic E-state index is 0.0868. The first-order valence-corrected chi connectivity index (χ1v) is 7.67. The predicted octanol–water partition coefficient (Wildman–Crippen LogP) is 2.62. The van der Waals surface area contributed by atoms with Crippen molar-refractivity contribution in [2.45, 2.75) is 71.9 Å². The number of nitrogens with zero attached hydrogens (tertiary/aromatic N) is 1. The third-order valence-electron chi connectivity index (χ3n) is 3.49. The highest BCUT2D eigenvalue weighted by molar-refractivity contribution is 4.82. The maximum absolute atomic E-state index is 9.66. The lowest BCUT2D eigenvalue weighted by Gasteiger charge is -2.35. The second-order valence-corrected chi connectivity index (χ2v) is 5.79. The van der Waals surface area contributed by atoms with Gasteiger partial charge in [0.05, 0.1) is 6.61 Å². The Balaban J connectivity index is 4.45. The van der Waals surface area contributed by atoms with Crippen molar-refractivity contribution in [1.82, 2.24) is 4.90 Å². The molecule has 0 radical (unpaired) electrons. The molecule has 0 aromatic heterocycles. The van der Waals surface area contributed by atoms with Crippen LogP contribution >= 0.6 is 0 Å². The molecule has 0 saturated heterocycles. The summed E-state index contributed by atoms with van der Waals surface area (Å²) in [6.45, 7) is 11.1. The molecule has 110 valence electrons. The molecule has 0 bridgehead atoms. The number of aliphatic hydroxyl groups is 1. The van der Waals surface area contributed by atoms with Gasteiger partial charge in [-0.3, -0.25) is 4.90 Å². The highest BCUT2D eigenvalue weighted by Crippen LogP contribution is 2.13. The number of hydrogen-bond donors (Lipinski definition) is 2. The third kappa shape index (κ3) is 7.34. The van der Waals surface area contributed by atoms with Crippen molar-refractivity contribution in [3.05, 3.63) is 0 Å². The fourth-order valence-electron chi connectivity index (χ4n) is 2.39. The van der Waals surface area contributed by atoms with Gasteiger partial charge in [0.2, 0.25) is 0 Å². The predicted molar refractivity (Wildman–Crippen MR) is 79.7 cm³/mol. The van der Waals surface area contributed by atoms with Crippen molar-refractivity contribution in [3.8, 4) is 0 Å². The van der Waals surface area contributed by atoms with Gasteiger partial charge in [0.1, 0.15) is 0 Å². The maximum Gasteiger partial charge on any atom is 0.0601 e. The van der Waals surface area contributed by atoms with Crippen LogP contribution < -0.4 is 5.73 Å². The summed E-state index contributed by atoms with van der Waals surface area (Å²) >= 11 is 0. The molecule has 3 N–H and O–H groups in total. The quantitative estimate of drug-likeness (QED) is 0.599. The smallest absolute Gasteiger partial charge is 0.0601 e. The summed E-state index contributed by atoms with van der Waals surface area (Å²) in [5, 5.41) is 9.66. The zero-order valence-corrected chi connectivity index (χ0v) is 12.9. The summed E-state index contributed by atoms with van der Waals surface area (Å²) in [5.74, 6) is 0.591. The Morgan fingerprint density at radius 1 is 1.06 bits per heavy atom. The molecule has 2 atom stereocenters.